The molecule has 0 atom stereocenters. The van der Waals surface area contributed by atoms with Crippen LogP contribution < -0.4 is 5.56 Å². The second-order valence-corrected chi connectivity index (χ2v) is 9.03. The molecular weight excluding hydrogens is 433 g/mol. The molecule has 0 aliphatic rings. The largest absolute Gasteiger partial charge is 0.269 e. The Morgan fingerprint density at radius 2 is 1.52 bits per heavy atom. The lowest BCUT2D eigenvalue weighted by atomic mass is 10.1. The highest BCUT2D eigenvalue weighted by molar-refractivity contribution is 7.90. The normalized spacial score (nSPS) is 11.7. The molecule has 6 nitrogen and oxygen atoms in total. The van der Waals surface area contributed by atoms with E-state index in [1.807, 2.05) is 0 Å². The van der Waals surface area contributed by atoms with Crippen LogP contribution in [0.2, 0.25) is 10.0 Å². The summed E-state index contributed by atoms with van der Waals surface area (Å²) in [6, 6.07) is 16.6. The van der Waals surface area contributed by atoms with Gasteiger partial charge in [0.25, 0.3) is 5.56 Å². The number of fused-ring (bicyclic) bond motifs is 1. The fraction of sp³-hybridized carbons (Fsp3) is 0.0500. The Morgan fingerprint density at radius 1 is 0.862 bits per heavy atom. The lowest BCUT2D eigenvalue weighted by Gasteiger charge is -2.14. The molecule has 0 unspecified atom stereocenters. The molecule has 9 heteroatoms. The Balaban J connectivity index is 2.22. The van der Waals surface area contributed by atoms with Crippen molar-refractivity contribution in [3.8, 4) is 16.9 Å². The molecule has 2 aromatic carbocycles. The van der Waals surface area contributed by atoms with Gasteiger partial charge in [0.15, 0.2) is 5.65 Å². The van der Waals surface area contributed by atoms with Gasteiger partial charge in [-0.05, 0) is 24.3 Å². The van der Waals surface area contributed by atoms with Crippen molar-refractivity contribution in [2.24, 2.45) is 0 Å². The van der Waals surface area contributed by atoms with Crippen LogP contribution in [0.5, 0.6) is 0 Å². The number of hydrogen-bond donors (Lipinski definition) is 0. The van der Waals surface area contributed by atoms with Crippen LogP contribution in [0.4, 0.5) is 0 Å². The van der Waals surface area contributed by atoms with Gasteiger partial charge in [-0.15, -0.1) is 0 Å². The zero-order valence-corrected chi connectivity index (χ0v) is 17.3. The number of nitrogens with zero attached hydrogens (tertiary/aromatic N) is 3. The smallest absolute Gasteiger partial charge is 0.256 e. The summed E-state index contributed by atoms with van der Waals surface area (Å²) in [5.41, 5.74) is 0.926. The first-order chi connectivity index (χ1) is 13.8. The van der Waals surface area contributed by atoms with Gasteiger partial charge >= 0.3 is 0 Å². The van der Waals surface area contributed by atoms with Gasteiger partial charge in [0.1, 0.15) is 0 Å². The molecule has 29 heavy (non-hydrogen) atoms. The molecule has 2 heterocycles. The molecule has 0 amide bonds. The lowest BCUT2D eigenvalue weighted by molar-refractivity contribution is 0.593. The first kappa shape index (κ1) is 19.6. The topological polar surface area (TPSA) is 81.9 Å². The van der Waals surface area contributed by atoms with Crippen molar-refractivity contribution in [2.75, 3.05) is 6.26 Å². The van der Waals surface area contributed by atoms with Crippen LogP contribution in [-0.2, 0) is 9.84 Å². The first-order valence-electron chi connectivity index (χ1n) is 8.41. The number of benzene rings is 2. The van der Waals surface area contributed by atoms with Gasteiger partial charge < -0.3 is 0 Å². The Bertz CT molecular complexity index is 1430. The molecule has 4 aromatic rings. The number of pyridine rings is 1. The second kappa shape index (κ2) is 7.26. The van der Waals surface area contributed by atoms with Gasteiger partial charge in [-0.25, -0.2) is 13.4 Å². The lowest BCUT2D eigenvalue weighted by Crippen LogP contribution is -2.20. The third-order valence-corrected chi connectivity index (χ3v) is 5.78. The van der Waals surface area contributed by atoms with E-state index in [0.717, 1.165) is 6.26 Å². The van der Waals surface area contributed by atoms with Crippen LogP contribution in [0.3, 0.4) is 0 Å². The fourth-order valence-electron chi connectivity index (χ4n) is 2.99. The number of sulfone groups is 1. The van der Waals surface area contributed by atoms with Crippen LogP contribution in [-0.4, -0.2) is 29.2 Å². The average molecular weight is 446 g/mol. The molecule has 0 aliphatic heterocycles. The van der Waals surface area contributed by atoms with E-state index in [0.29, 0.717) is 32.4 Å². The molecule has 0 fully saturated rings. The maximum Gasteiger partial charge on any atom is 0.256 e. The maximum absolute atomic E-state index is 12.7. The summed E-state index contributed by atoms with van der Waals surface area (Å²) in [6.07, 6.45) is 1.01. The second-order valence-electron chi connectivity index (χ2n) is 6.30. The van der Waals surface area contributed by atoms with Crippen LogP contribution in [0.1, 0.15) is 0 Å². The molecule has 146 valence electrons. The molecule has 0 N–H and O–H groups in total. The van der Waals surface area contributed by atoms with Crippen LogP contribution in [0, 0.1) is 0 Å². The zero-order chi connectivity index (χ0) is 20.8. The molecule has 0 saturated heterocycles. The average Bonchev–Trinajstić information content (AvgIpc) is 2.68. The van der Waals surface area contributed by atoms with E-state index in [4.69, 9.17) is 23.2 Å². The van der Waals surface area contributed by atoms with Crippen molar-refractivity contribution in [3.63, 3.8) is 0 Å². The van der Waals surface area contributed by atoms with Crippen molar-refractivity contribution < 1.29 is 8.42 Å². The van der Waals surface area contributed by atoms with Gasteiger partial charge in [0, 0.05) is 28.3 Å². The summed E-state index contributed by atoms with van der Waals surface area (Å²) in [5.74, 6) is 0. The summed E-state index contributed by atoms with van der Waals surface area (Å²) in [6.45, 7) is 0. The standard InChI is InChI=1S/C20H13Cl2N3O3S/c1-29(27,28)20-23-18(12-6-2-3-7-14(12)21)13-10-11-17(26)25(19(13)24-20)16-9-5-4-8-15(16)22/h2-11H,1H3. The number of aromatic nitrogens is 3. The number of rotatable bonds is 3. The van der Waals surface area contributed by atoms with Gasteiger partial charge in [0.2, 0.25) is 15.0 Å². The highest BCUT2D eigenvalue weighted by Gasteiger charge is 2.21. The van der Waals surface area contributed by atoms with Crippen molar-refractivity contribution in [2.45, 2.75) is 5.16 Å². The summed E-state index contributed by atoms with van der Waals surface area (Å²) in [5, 5.41) is 0.764. The van der Waals surface area contributed by atoms with Gasteiger partial charge in [-0.2, -0.15) is 4.98 Å². The Hall–Kier alpha value is -2.74. The Labute approximate surface area is 176 Å². The summed E-state index contributed by atoms with van der Waals surface area (Å²) in [4.78, 5) is 21.2. The molecule has 0 aliphatic carbocycles. The summed E-state index contributed by atoms with van der Waals surface area (Å²) in [7, 11) is -3.77. The van der Waals surface area contributed by atoms with Gasteiger partial charge in [0.05, 0.1) is 16.4 Å². The quantitative estimate of drug-likeness (QED) is 0.442. The van der Waals surface area contributed by atoms with E-state index >= 15 is 0 Å². The van der Waals surface area contributed by atoms with Crippen LogP contribution in [0.25, 0.3) is 28.0 Å². The van der Waals surface area contributed by atoms with Gasteiger partial charge in [-0.3, -0.25) is 9.36 Å². The minimum atomic E-state index is -3.77. The van der Waals surface area contributed by atoms with E-state index in [2.05, 4.69) is 9.97 Å². The Morgan fingerprint density at radius 3 is 2.17 bits per heavy atom. The van der Waals surface area contributed by atoms with E-state index in [1.54, 1.807) is 54.6 Å². The third-order valence-electron chi connectivity index (χ3n) is 4.28. The van der Waals surface area contributed by atoms with Crippen molar-refractivity contribution in [1.29, 1.82) is 0 Å². The van der Waals surface area contributed by atoms with Crippen LogP contribution in [0.15, 0.2) is 70.6 Å². The summed E-state index contributed by atoms with van der Waals surface area (Å²) < 4.78 is 25.8. The molecule has 4 rings (SSSR count). The monoisotopic (exact) mass is 445 g/mol. The minimum absolute atomic E-state index is 0.121. The third kappa shape index (κ3) is 3.53. The van der Waals surface area contributed by atoms with Gasteiger partial charge in [-0.1, -0.05) is 53.5 Å². The predicted molar refractivity (Wildman–Crippen MR) is 114 cm³/mol. The minimum Gasteiger partial charge on any atom is -0.269 e. The van der Waals surface area contributed by atoms with E-state index in [9.17, 15) is 13.2 Å². The highest BCUT2D eigenvalue weighted by Crippen LogP contribution is 2.32. The first-order valence-corrected chi connectivity index (χ1v) is 11.1. The molecule has 0 spiro atoms. The Kier molecular flexibility index (Phi) is 4.90. The van der Waals surface area contributed by atoms with Crippen molar-refractivity contribution in [1.82, 2.24) is 14.5 Å². The molecule has 0 radical (unpaired) electrons. The van der Waals surface area contributed by atoms with Crippen molar-refractivity contribution >= 4 is 44.1 Å². The zero-order valence-electron chi connectivity index (χ0n) is 15.0. The van der Waals surface area contributed by atoms with E-state index < -0.39 is 20.6 Å². The van der Waals surface area contributed by atoms with Crippen LogP contribution >= 0.6 is 23.2 Å². The predicted octanol–water partition coefficient (Wildman–Crippen LogP) is 4.16. The number of hydrogen-bond acceptors (Lipinski definition) is 5. The fourth-order valence-corrected chi connectivity index (χ4v) is 3.94. The molecular formula is C20H13Cl2N3O3S. The van der Waals surface area contributed by atoms with Crippen molar-refractivity contribution in [3.05, 3.63) is 81.1 Å². The maximum atomic E-state index is 12.7. The van der Waals surface area contributed by atoms with E-state index in [1.165, 1.54) is 10.6 Å². The molecule has 0 bridgehead atoms. The molecule has 2 aromatic heterocycles. The number of para-hydroxylation sites is 1. The SMILES string of the molecule is CS(=O)(=O)c1nc(-c2ccccc2Cl)c2ccc(=O)n(-c3ccccc3Cl)c2n1. The molecule has 0 saturated carbocycles. The highest BCUT2D eigenvalue weighted by atomic mass is 35.5. The van der Waals surface area contributed by atoms with E-state index in [-0.39, 0.29) is 5.65 Å². The number of halogens is 2. The summed E-state index contributed by atoms with van der Waals surface area (Å²) >= 11 is 12.6.